The average molecular weight is 330 g/mol. The highest BCUT2D eigenvalue weighted by molar-refractivity contribution is 7.98. The van der Waals surface area contributed by atoms with Gasteiger partial charge in [-0.1, -0.05) is 11.6 Å². The van der Waals surface area contributed by atoms with Gasteiger partial charge in [0.1, 0.15) is 10.3 Å². The third-order valence-electron chi connectivity index (χ3n) is 2.02. The lowest BCUT2D eigenvalue weighted by atomic mass is 10.2. The minimum absolute atomic E-state index is 0.0166. The van der Waals surface area contributed by atoms with Crippen LogP contribution in [-0.2, 0) is 14.8 Å². The first-order chi connectivity index (χ1) is 8.36. The van der Waals surface area contributed by atoms with Gasteiger partial charge in [0.2, 0.25) is 0 Å². The maximum absolute atomic E-state index is 11.9. The predicted octanol–water partition coefficient (Wildman–Crippen LogP) is 1.89. The van der Waals surface area contributed by atoms with E-state index in [4.69, 9.17) is 16.7 Å². The number of carboxylic acid groups (broad SMARTS) is 1. The zero-order chi connectivity index (χ0) is 13.8. The Morgan fingerprint density at radius 3 is 2.72 bits per heavy atom. The molecular formula is C9H12ClNO4S3. The molecule has 0 radical (unpaired) electrons. The summed E-state index contributed by atoms with van der Waals surface area (Å²) in [6.45, 7) is 0. The van der Waals surface area contributed by atoms with Gasteiger partial charge in [0.15, 0.2) is 0 Å². The third-order valence-corrected chi connectivity index (χ3v) is 5.86. The molecule has 102 valence electrons. The summed E-state index contributed by atoms with van der Waals surface area (Å²) in [5.41, 5.74) is 0. The van der Waals surface area contributed by atoms with Crippen LogP contribution in [0.15, 0.2) is 16.3 Å². The Balaban J connectivity index is 2.82. The van der Waals surface area contributed by atoms with Gasteiger partial charge in [0.25, 0.3) is 10.0 Å². The van der Waals surface area contributed by atoms with E-state index in [0.29, 0.717) is 10.1 Å². The summed E-state index contributed by atoms with van der Waals surface area (Å²) in [4.78, 5) is 11.0. The summed E-state index contributed by atoms with van der Waals surface area (Å²) in [5, 5.41) is 8.96. The van der Waals surface area contributed by atoms with Crippen molar-refractivity contribution in [1.29, 1.82) is 0 Å². The SMILES string of the molecule is CSCC[C@@H](NS(=O)(=O)c1ccc(Cl)s1)C(=O)O. The molecule has 18 heavy (non-hydrogen) atoms. The number of carbonyl (C=O) groups is 1. The van der Waals surface area contributed by atoms with Gasteiger partial charge < -0.3 is 5.11 Å². The van der Waals surface area contributed by atoms with E-state index >= 15 is 0 Å². The second kappa shape index (κ2) is 6.76. The van der Waals surface area contributed by atoms with Gasteiger partial charge in [0.05, 0.1) is 4.34 Å². The molecule has 1 rings (SSSR count). The molecule has 1 heterocycles. The second-order valence-corrected chi connectivity index (χ2v) is 7.99. The normalized spacial score (nSPS) is 13.4. The number of aliphatic carboxylic acids is 1. The third kappa shape index (κ3) is 4.43. The van der Waals surface area contributed by atoms with E-state index in [1.807, 2.05) is 6.26 Å². The number of nitrogens with one attached hydrogen (secondary N) is 1. The summed E-state index contributed by atoms with van der Waals surface area (Å²) in [6.07, 6.45) is 2.06. The van der Waals surface area contributed by atoms with Crippen LogP contribution < -0.4 is 4.72 Å². The molecule has 1 aromatic heterocycles. The van der Waals surface area contributed by atoms with Crippen LogP contribution in [0.5, 0.6) is 0 Å². The lowest BCUT2D eigenvalue weighted by molar-refractivity contribution is -0.139. The van der Waals surface area contributed by atoms with Gasteiger partial charge in [-0.3, -0.25) is 4.79 Å². The average Bonchev–Trinajstić information content (AvgIpc) is 2.71. The zero-order valence-corrected chi connectivity index (χ0v) is 12.6. The Hall–Kier alpha value is -0.280. The number of sulfonamides is 1. The quantitative estimate of drug-likeness (QED) is 0.798. The van der Waals surface area contributed by atoms with Crippen LogP contribution in [0.2, 0.25) is 4.34 Å². The summed E-state index contributed by atoms with van der Waals surface area (Å²) < 4.78 is 26.3. The maximum Gasteiger partial charge on any atom is 0.321 e. The molecule has 5 nitrogen and oxygen atoms in total. The standard InChI is InChI=1S/C9H12ClNO4S3/c1-16-5-4-6(9(12)13)11-18(14,15)8-3-2-7(10)17-8/h2-3,6,11H,4-5H2,1H3,(H,12,13)/t6-/m1/s1. The molecule has 0 aliphatic heterocycles. The van der Waals surface area contributed by atoms with Crippen LogP contribution in [0.1, 0.15) is 6.42 Å². The summed E-state index contributed by atoms with van der Waals surface area (Å²) in [7, 11) is -3.82. The summed E-state index contributed by atoms with van der Waals surface area (Å²) >= 11 is 8.00. The van der Waals surface area contributed by atoms with Crippen LogP contribution in [0, 0.1) is 0 Å². The molecule has 9 heteroatoms. The van der Waals surface area contributed by atoms with E-state index in [0.717, 1.165) is 11.3 Å². The van der Waals surface area contributed by atoms with Crippen LogP contribution in [-0.4, -0.2) is 37.5 Å². The molecule has 1 aromatic rings. The number of rotatable bonds is 7. The molecule has 0 bridgehead atoms. The molecule has 0 aliphatic carbocycles. The van der Waals surface area contributed by atoms with Gasteiger partial charge in [-0.15, -0.1) is 11.3 Å². The molecule has 0 unspecified atom stereocenters. The predicted molar refractivity (Wildman–Crippen MR) is 74.1 cm³/mol. The Kier molecular flexibility index (Phi) is 5.93. The first-order valence-corrected chi connectivity index (χ1v) is 8.93. The van der Waals surface area contributed by atoms with E-state index in [1.54, 1.807) is 0 Å². The molecule has 0 fully saturated rings. The molecule has 1 atom stereocenters. The van der Waals surface area contributed by atoms with Crippen molar-refractivity contribution in [2.75, 3.05) is 12.0 Å². The van der Waals surface area contributed by atoms with Crippen LogP contribution in [0.3, 0.4) is 0 Å². The fourth-order valence-corrected chi connectivity index (χ4v) is 4.35. The number of halogens is 1. The molecule has 2 N–H and O–H groups in total. The summed E-state index contributed by atoms with van der Waals surface area (Å²) in [6, 6.07) is 1.68. The number of carboxylic acids is 1. The van der Waals surface area contributed by atoms with Crippen molar-refractivity contribution in [3.63, 3.8) is 0 Å². The van der Waals surface area contributed by atoms with Crippen molar-refractivity contribution in [3.8, 4) is 0 Å². The van der Waals surface area contributed by atoms with Crippen molar-refractivity contribution in [2.45, 2.75) is 16.7 Å². The highest BCUT2D eigenvalue weighted by Gasteiger charge is 2.25. The van der Waals surface area contributed by atoms with Crippen molar-refractivity contribution < 1.29 is 18.3 Å². The number of thiophene rings is 1. The minimum Gasteiger partial charge on any atom is -0.480 e. The van der Waals surface area contributed by atoms with Gasteiger partial charge in [-0.25, -0.2) is 8.42 Å². The maximum atomic E-state index is 11.9. The zero-order valence-electron chi connectivity index (χ0n) is 9.42. The van der Waals surface area contributed by atoms with Crippen LogP contribution >= 0.6 is 34.7 Å². The van der Waals surface area contributed by atoms with Gasteiger partial charge in [0, 0.05) is 0 Å². The molecular weight excluding hydrogens is 318 g/mol. The fraction of sp³-hybridized carbons (Fsp3) is 0.444. The van der Waals surface area contributed by atoms with E-state index in [9.17, 15) is 13.2 Å². The van der Waals surface area contributed by atoms with Crippen molar-refractivity contribution in [1.82, 2.24) is 4.72 Å². The largest absolute Gasteiger partial charge is 0.480 e. The lowest BCUT2D eigenvalue weighted by Gasteiger charge is -2.13. The van der Waals surface area contributed by atoms with Gasteiger partial charge in [-0.05, 0) is 30.6 Å². The van der Waals surface area contributed by atoms with Crippen molar-refractivity contribution in [3.05, 3.63) is 16.5 Å². The Morgan fingerprint density at radius 1 is 1.61 bits per heavy atom. The van der Waals surface area contributed by atoms with E-state index in [1.165, 1.54) is 23.9 Å². The van der Waals surface area contributed by atoms with Crippen molar-refractivity contribution in [2.24, 2.45) is 0 Å². The van der Waals surface area contributed by atoms with E-state index < -0.39 is 22.0 Å². The topological polar surface area (TPSA) is 83.5 Å². The molecule has 0 saturated heterocycles. The molecule has 0 spiro atoms. The van der Waals surface area contributed by atoms with Crippen molar-refractivity contribution >= 4 is 50.7 Å². The highest BCUT2D eigenvalue weighted by Crippen LogP contribution is 2.25. The molecule has 0 amide bonds. The highest BCUT2D eigenvalue weighted by atomic mass is 35.5. The summed E-state index contributed by atoms with van der Waals surface area (Å²) in [5.74, 6) is -0.625. The smallest absolute Gasteiger partial charge is 0.321 e. The number of thioether (sulfide) groups is 1. The van der Waals surface area contributed by atoms with Gasteiger partial charge >= 0.3 is 5.97 Å². The Labute approximate surface area is 119 Å². The molecule has 0 aromatic carbocycles. The monoisotopic (exact) mass is 329 g/mol. The van der Waals surface area contributed by atoms with Crippen LogP contribution in [0.4, 0.5) is 0 Å². The van der Waals surface area contributed by atoms with Crippen LogP contribution in [0.25, 0.3) is 0 Å². The molecule has 0 saturated carbocycles. The Bertz CT molecular complexity index is 514. The minimum atomic E-state index is -3.82. The fourth-order valence-electron chi connectivity index (χ4n) is 1.16. The van der Waals surface area contributed by atoms with E-state index in [-0.39, 0.29) is 10.6 Å². The first kappa shape index (κ1) is 15.8. The van der Waals surface area contributed by atoms with E-state index in [2.05, 4.69) is 4.72 Å². The molecule has 0 aliphatic rings. The van der Waals surface area contributed by atoms with Gasteiger partial charge in [-0.2, -0.15) is 16.5 Å². The Morgan fingerprint density at radius 2 is 2.28 bits per heavy atom. The lowest BCUT2D eigenvalue weighted by Crippen LogP contribution is -2.40. The first-order valence-electron chi connectivity index (χ1n) is 4.86. The number of hydrogen-bond acceptors (Lipinski definition) is 5. The second-order valence-electron chi connectivity index (χ2n) is 3.35. The number of hydrogen-bond donors (Lipinski definition) is 2.